The van der Waals surface area contributed by atoms with Crippen LogP contribution in [-0.2, 0) is 11.2 Å². The average Bonchev–Trinajstić information content (AvgIpc) is 3.51. The standard InChI is InChI=1S/C28H29N3O4/c32-26(29-19-24(25-14-9-17-35-25)30-15-7-2-8-16-30)23(18-20-10-3-1-4-11-20)31-27(33)21-12-5-6-13-22(21)28(31)34/h1,3-6,9-14,17,23-24H,2,7-8,15-16,18-19H2,(H,29,32)/t23-,24+/m1/s1. The Morgan fingerprint density at radius 2 is 1.51 bits per heavy atom. The number of fused-ring (bicyclic) bond motifs is 1. The van der Waals surface area contributed by atoms with Gasteiger partial charge in [-0.05, 0) is 55.8 Å². The fraction of sp³-hybridized carbons (Fsp3) is 0.321. The first-order valence-electron chi connectivity index (χ1n) is 12.2. The molecule has 35 heavy (non-hydrogen) atoms. The first-order chi connectivity index (χ1) is 17.1. The van der Waals surface area contributed by atoms with Crippen LogP contribution in [-0.4, -0.2) is 53.2 Å². The maximum absolute atomic E-state index is 13.6. The SMILES string of the molecule is O=C(NC[C@@H](c1ccco1)N1CCCCC1)[C@@H](Cc1ccccc1)N1C(=O)c2ccccc2C1=O. The third-order valence-corrected chi connectivity index (χ3v) is 6.88. The summed E-state index contributed by atoms with van der Waals surface area (Å²) in [5, 5.41) is 3.05. The Morgan fingerprint density at radius 1 is 0.857 bits per heavy atom. The highest BCUT2D eigenvalue weighted by molar-refractivity contribution is 6.22. The van der Waals surface area contributed by atoms with Crippen LogP contribution >= 0.6 is 0 Å². The minimum absolute atomic E-state index is 0.103. The lowest BCUT2D eigenvalue weighted by Crippen LogP contribution is -2.52. The fourth-order valence-electron chi connectivity index (χ4n) is 5.07. The molecule has 2 aliphatic rings. The molecule has 0 bridgehead atoms. The Hall–Kier alpha value is -3.71. The van der Waals surface area contributed by atoms with Crippen LogP contribution in [0, 0.1) is 0 Å². The van der Waals surface area contributed by atoms with Crippen LogP contribution in [0.25, 0.3) is 0 Å². The third kappa shape index (κ3) is 4.77. The van der Waals surface area contributed by atoms with Crippen molar-refractivity contribution in [3.63, 3.8) is 0 Å². The number of carbonyl (C=O) groups excluding carboxylic acids is 3. The normalized spacial score (nSPS) is 17.8. The van der Waals surface area contributed by atoms with Crippen molar-refractivity contribution in [1.29, 1.82) is 0 Å². The van der Waals surface area contributed by atoms with Crippen LogP contribution in [0.15, 0.2) is 77.4 Å². The van der Waals surface area contributed by atoms with Crippen LogP contribution in [0.4, 0.5) is 0 Å². The monoisotopic (exact) mass is 471 g/mol. The van der Waals surface area contributed by atoms with Crippen molar-refractivity contribution >= 4 is 17.7 Å². The van der Waals surface area contributed by atoms with Crippen molar-refractivity contribution in [2.24, 2.45) is 0 Å². The van der Waals surface area contributed by atoms with Crippen molar-refractivity contribution in [3.05, 3.63) is 95.4 Å². The van der Waals surface area contributed by atoms with Crippen molar-refractivity contribution in [3.8, 4) is 0 Å². The van der Waals surface area contributed by atoms with Gasteiger partial charge in [0.25, 0.3) is 11.8 Å². The maximum Gasteiger partial charge on any atom is 0.262 e. The first kappa shape index (κ1) is 23.1. The van der Waals surface area contributed by atoms with E-state index < -0.39 is 17.9 Å². The zero-order chi connectivity index (χ0) is 24.2. The Morgan fingerprint density at radius 3 is 2.14 bits per heavy atom. The Bertz CT molecular complexity index is 1150. The van der Waals surface area contributed by atoms with E-state index >= 15 is 0 Å². The van der Waals surface area contributed by atoms with Gasteiger partial charge in [0.2, 0.25) is 5.91 Å². The molecule has 2 atom stereocenters. The van der Waals surface area contributed by atoms with Crippen molar-refractivity contribution in [2.45, 2.75) is 37.8 Å². The molecule has 1 N–H and O–H groups in total. The van der Waals surface area contributed by atoms with Gasteiger partial charge in [0.1, 0.15) is 11.8 Å². The van der Waals surface area contributed by atoms with E-state index in [9.17, 15) is 14.4 Å². The van der Waals surface area contributed by atoms with Gasteiger partial charge in [-0.1, -0.05) is 48.9 Å². The fourth-order valence-corrected chi connectivity index (χ4v) is 5.07. The molecule has 1 saturated heterocycles. The van der Waals surface area contributed by atoms with Gasteiger partial charge in [0.05, 0.1) is 23.4 Å². The van der Waals surface area contributed by atoms with Crippen molar-refractivity contribution in [1.82, 2.24) is 15.1 Å². The molecule has 7 nitrogen and oxygen atoms in total. The summed E-state index contributed by atoms with van der Waals surface area (Å²) >= 11 is 0. The van der Waals surface area contributed by atoms with Crippen LogP contribution in [0.5, 0.6) is 0 Å². The van der Waals surface area contributed by atoms with Gasteiger partial charge in [-0.15, -0.1) is 0 Å². The molecule has 0 aliphatic carbocycles. The van der Waals surface area contributed by atoms with Gasteiger partial charge in [-0.25, -0.2) is 0 Å². The lowest BCUT2D eigenvalue weighted by Gasteiger charge is -2.34. The molecular formula is C28H29N3O4. The number of furan rings is 1. The number of hydrogen-bond acceptors (Lipinski definition) is 5. The van der Waals surface area contributed by atoms with Gasteiger partial charge in [0.15, 0.2) is 0 Å². The summed E-state index contributed by atoms with van der Waals surface area (Å²) in [6.45, 7) is 2.21. The van der Waals surface area contributed by atoms with Crippen LogP contribution in [0.1, 0.15) is 57.3 Å². The number of nitrogens with one attached hydrogen (secondary N) is 1. The van der Waals surface area contributed by atoms with E-state index in [0.717, 1.165) is 42.2 Å². The second-order valence-corrected chi connectivity index (χ2v) is 9.10. The molecule has 0 radical (unpaired) electrons. The van der Waals surface area contributed by atoms with Gasteiger partial charge in [0, 0.05) is 13.0 Å². The van der Waals surface area contributed by atoms with Crippen molar-refractivity contribution < 1.29 is 18.8 Å². The molecule has 3 aromatic rings. The highest BCUT2D eigenvalue weighted by Gasteiger charge is 2.42. The summed E-state index contributed by atoms with van der Waals surface area (Å²) in [7, 11) is 0. The number of amides is 3. The van der Waals surface area contributed by atoms with E-state index in [1.54, 1.807) is 30.5 Å². The van der Waals surface area contributed by atoms with Gasteiger partial charge >= 0.3 is 0 Å². The quantitative estimate of drug-likeness (QED) is 0.505. The number of nitrogens with zero attached hydrogens (tertiary/aromatic N) is 2. The van der Waals surface area contributed by atoms with Gasteiger partial charge < -0.3 is 9.73 Å². The molecule has 0 saturated carbocycles. The van der Waals surface area contributed by atoms with Crippen LogP contribution in [0.3, 0.4) is 0 Å². The highest BCUT2D eigenvalue weighted by atomic mass is 16.3. The smallest absolute Gasteiger partial charge is 0.262 e. The van der Waals surface area contributed by atoms with Gasteiger partial charge in [-0.2, -0.15) is 0 Å². The predicted molar refractivity (Wildman–Crippen MR) is 131 cm³/mol. The predicted octanol–water partition coefficient (Wildman–Crippen LogP) is 3.83. The summed E-state index contributed by atoms with van der Waals surface area (Å²) < 4.78 is 5.70. The first-order valence-corrected chi connectivity index (χ1v) is 12.2. The van der Waals surface area contributed by atoms with E-state index in [2.05, 4.69) is 10.2 Å². The Kier molecular flexibility index (Phi) is 6.77. The molecule has 3 amide bonds. The van der Waals surface area contributed by atoms with Crippen LogP contribution in [0.2, 0.25) is 0 Å². The lowest BCUT2D eigenvalue weighted by molar-refractivity contribution is -0.125. The molecule has 1 fully saturated rings. The molecular weight excluding hydrogens is 442 g/mol. The lowest BCUT2D eigenvalue weighted by atomic mass is 10.0. The van der Waals surface area contributed by atoms with Crippen molar-refractivity contribution in [2.75, 3.05) is 19.6 Å². The zero-order valence-electron chi connectivity index (χ0n) is 19.6. The number of likely N-dealkylation sites (tertiary alicyclic amines) is 1. The van der Waals surface area contributed by atoms with E-state index in [1.165, 1.54) is 6.42 Å². The van der Waals surface area contributed by atoms with Gasteiger partial charge in [-0.3, -0.25) is 24.2 Å². The minimum atomic E-state index is -0.955. The molecule has 1 aromatic heterocycles. The molecule has 7 heteroatoms. The zero-order valence-corrected chi connectivity index (χ0v) is 19.6. The number of benzene rings is 2. The number of piperidine rings is 1. The summed E-state index contributed by atoms with van der Waals surface area (Å²) in [6, 6.07) is 18.9. The molecule has 180 valence electrons. The second-order valence-electron chi connectivity index (χ2n) is 9.10. The summed E-state index contributed by atoms with van der Waals surface area (Å²) in [5.41, 5.74) is 1.55. The second kappa shape index (κ2) is 10.3. The maximum atomic E-state index is 13.6. The van der Waals surface area contributed by atoms with E-state index in [1.807, 2.05) is 42.5 Å². The Labute approximate surface area is 204 Å². The number of rotatable bonds is 8. The molecule has 2 aliphatic heterocycles. The molecule has 2 aromatic carbocycles. The highest BCUT2D eigenvalue weighted by Crippen LogP contribution is 2.27. The minimum Gasteiger partial charge on any atom is -0.468 e. The molecule has 0 unspecified atom stereocenters. The largest absolute Gasteiger partial charge is 0.468 e. The van der Waals surface area contributed by atoms with E-state index in [-0.39, 0.29) is 18.4 Å². The Balaban J connectivity index is 1.39. The van der Waals surface area contributed by atoms with E-state index in [0.29, 0.717) is 17.7 Å². The molecule has 3 heterocycles. The van der Waals surface area contributed by atoms with Crippen LogP contribution < -0.4 is 5.32 Å². The number of hydrogen-bond donors (Lipinski definition) is 1. The summed E-state index contributed by atoms with van der Waals surface area (Å²) in [4.78, 5) is 43.5. The average molecular weight is 472 g/mol. The molecule has 5 rings (SSSR count). The summed E-state index contributed by atoms with van der Waals surface area (Å²) in [5.74, 6) is -0.412. The number of imide groups is 1. The summed E-state index contributed by atoms with van der Waals surface area (Å²) in [6.07, 6.45) is 5.30. The molecule has 0 spiro atoms. The van der Waals surface area contributed by atoms with E-state index in [4.69, 9.17) is 4.42 Å². The topological polar surface area (TPSA) is 82.9 Å². The number of carbonyl (C=O) groups is 3. The third-order valence-electron chi connectivity index (χ3n) is 6.88.